The third kappa shape index (κ3) is 3.45. The Bertz CT molecular complexity index is 371. The molecule has 0 aromatic carbocycles. The molecular formula is C14H25N3S. The first-order chi connectivity index (χ1) is 8.76. The number of unbranched alkanes of at least 4 members (excludes halogenated alkanes) is 1. The molecule has 0 atom stereocenters. The first-order valence-corrected chi connectivity index (χ1v) is 7.99. The summed E-state index contributed by atoms with van der Waals surface area (Å²) in [6.45, 7) is 7.54. The molecule has 0 unspecified atom stereocenters. The van der Waals surface area contributed by atoms with Gasteiger partial charge in [-0.25, -0.2) is 4.98 Å². The van der Waals surface area contributed by atoms with E-state index in [1.165, 1.54) is 41.4 Å². The minimum absolute atomic E-state index is 0.753. The van der Waals surface area contributed by atoms with Crippen molar-refractivity contribution in [3.63, 3.8) is 0 Å². The van der Waals surface area contributed by atoms with Crippen molar-refractivity contribution < 1.29 is 0 Å². The van der Waals surface area contributed by atoms with Gasteiger partial charge in [0, 0.05) is 30.9 Å². The summed E-state index contributed by atoms with van der Waals surface area (Å²) in [5, 5.41) is 4.64. The molecule has 4 heteroatoms. The van der Waals surface area contributed by atoms with Gasteiger partial charge in [0.05, 0.1) is 5.69 Å². The van der Waals surface area contributed by atoms with Crippen LogP contribution < -0.4 is 10.2 Å². The van der Waals surface area contributed by atoms with Gasteiger partial charge < -0.3 is 10.2 Å². The lowest BCUT2D eigenvalue weighted by atomic mass is 10.2. The molecule has 1 heterocycles. The van der Waals surface area contributed by atoms with Gasteiger partial charge in [-0.2, -0.15) is 0 Å². The van der Waals surface area contributed by atoms with E-state index in [9.17, 15) is 0 Å². The van der Waals surface area contributed by atoms with Crippen molar-refractivity contribution in [1.82, 2.24) is 10.3 Å². The Morgan fingerprint density at radius 3 is 2.78 bits per heavy atom. The van der Waals surface area contributed by atoms with Crippen molar-refractivity contribution in [3.8, 4) is 0 Å². The number of rotatable bonds is 8. The van der Waals surface area contributed by atoms with E-state index >= 15 is 0 Å². The van der Waals surface area contributed by atoms with E-state index in [2.05, 4.69) is 31.1 Å². The maximum absolute atomic E-state index is 4.88. The standard InChI is InChI=1S/C14H25N3S/c1-4-6-9-17(3)14-16-13(11-7-8-11)12(18-14)10-15-5-2/h11,15H,4-10H2,1-3H3. The second-order valence-corrected chi connectivity index (χ2v) is 6.20. The van der Waals surface area contributed by atoms with Crippen LogP contribution in [0.5, 0.6) is 0 Å². The molecule has 0 aliphatic heterocycles. The van der Waals surface area contributed by atoms with Crippen LogP contribution in [-0.2, 0) is 6.54 Å². The first-order valence-electron chi connectivity index (χ1n) is 7.17. The van der Waals surface area contributed by atoms with Crippen LogP contribution in [0.3, 0.4) is 0 Å². The van der Waals surface area contributed by atoms with E-state index in [-0.39, 0.29) is 0 Å². The summed E-state index contributed by atoms with van der Waals surface area (Å²) < 4.78 is 0. The summed E-state index contributed by atoms with van der Waals surface area (Å²) in [6, 6.07) is 0. The average molecular weight is 267 g/mol. The lowest BCUT2D eigenvalue weighted by Gasteiger charge is -2.14. The predicted molar refractivity (Wildman–Crippen MR) is 79.6 cm³/mol. The molecular weight excluding hydrogens is 242 g/mol. The molecule has 3 nitrogen and oxygen atoms in total. The summed E-state index contributed by atoms with van der Waals surface area (Å²) in [7, 11) is 2.17. The molecule has 0 saturated heterocycles. The van der Waals surface area contributed by atoms with E-state index in [0.29, 0.717) is 0 Å². The summed E-state index contributed by atoms with van der Waals surface area (Å²) >= 11 is 1.88. The van der Waals surface area contributed by atoms with Gasteiger partial charge in [-0.15, -0.1) is 11.3 Å². The first kappa shape index (κ1) is 13.8. The second-order valence-electron chi connectivity index (χ2n) is 5.13. The van der Waals surface area contributed by atoms with E-state index in [4.69, 9.17) is 4.98 Å². The highest BCUT2D eigenvalue weighted by atomic mass is 32.1. The zero-order chi connectivity index (χ0) is 13.0. The predicted octanol–water partition coefficient (Wildman–Crippen LogP) is 3.37. The van der Waals surface area contributed by atoms with Crippen LogP contribution in [0.4, 0.5) is 5.13 Å². The van der Waals surface area contributed by atoms with Crippen molar-refractivity contribution >= 4 is 16.5 Å². The molecule has 1 aromatic heterocycles. The van der Waals surface area contributed by atoms with Crippen molar-refractivity contribution in [3.05, 3.63) is 10.6 Å². The van der Waals surface area contributed by atoms with Gasteiger partial charge in [-0.3, -0.25) is 0 Å². The van der Waals surface area contributed by atoms with Crippen LogP contribution in [0, 0.1) is 0 Å². The minimum atomic E-state index is 0.753. The highest BCUT2D eigenvalue weighted by molar-refractivity contribution is 7.15. The van der Waals surface area contributed by atoms with Crippen LogP contribution in [0.1, 0.15) is 56.0 Å². The topological polar surface area (TPSA) is 28.2 Å². The highest BCUT2D eigenvalue weighted by Crippen LogP contribution is 2.44. The van der Waals surface area contributed by atoms with E-state index in [0.717, 1.165) is 25.6 Å². The van der Waals surface area contributed by atoms with Crippen molar-refractivity contribution in [2.24, 2.45) is 0 Å². The molecule has 1 aromatic rings. The summed E-state index contributed by atoms with van der Waals surface area (Å²) in [4.78, 5) is 8.65. The largest absolute Gasteiger partial charge is 0.351 e. The SMILES string of the molecule is CCCCN(C)c1nc(C2CC2)c(CNCC)s1. The van der Waals surface area contributed by atoms with Crippen molar-refractivity contribution in [2.75, 3.05) is 25.0 Å². The van der Waals surface area contributed by atoms with Gasteiger partial charge in [-0.05, 0) is 25.8 Å². The van der Waals surface area contributed by atoms with Gasteiger partial charge in [0.1, 0.15) is 0 Å². The van der Waals surface area contributed by atoms with Crippen LogP contribution in [-0.4, -0.2) is 25.1 Å². The Labute approximate surface area is 115 Å². The summed E-state index contributed by atoms with van der Waals surface area (Å²) in [6.07, 6.45) is 5.16. The molecule has 1 saturated carbocycles. The number of hydrogen-bond donors (Lipinski definition) is 1. The number of anilines is 1. The Kier molecular flexibility index (Phi) is 5.01. The maximum Gasteiger partial charge on any atom is 0.185 e. The zero-order valence-electron chi connectivity index (χ0n) is 11.8. The number of hydrogen-bond acceptors (Lipinski definition) is 4. The van der Waals surface area contributed by atoms with Gasteiger partial charge in [0.15, 0.2) is 5.13 Å². The quantitative estimate of drug-likeness (QED) is 0.783. The number of aromatic nitrogens is 1. The van der Waals surface area contributed by atoms with Crippen LogP contribution in [0.15, 0.2) is 0 Å². The second kappa shape index (κ2) is 6.53. The molecule has 1 N–H and O–H groups in total. The fraction of sp³-hybridized carbons (Fsp3) is 0.786. The molecule has 18 heavy (non-hydrogen) atoms. The smallest absolute Gasteiger partial charge is 0.185 e. The molecule has 0 bridgehead atoms. The Morgan fingerprint density at radius 1 is 1.39 bits per heavy atom. The molecule has 0 radical (unpaired) electrons. The number of thiazole rings is 1. The normalized spacial score (nSPS) is 15.1. The molecule has 102 valence electrons. The molecule has 0 spiro atoms. The maximum atomic E-state index is 4.88. The van der Waals surface area contributed by atoms with E-state index in [1.807, 2.05) is 11.3 Å². The molecule has 0 amide bonds. The zero-order valence-corrected chi connectivity index (χ0v) is 12.6. The van der Waals surface area contributed by atoms with Crippen molar-refractivity contribution in [2.45, 2.75) is 52.0 Å². The van der Waals surface area contributed by atoms with E-state index in [1.54, 1.807) is 0 Å². The van der Waals surface area contributed by atoms with Crippen LogP contribution in [0.2, 0.25) is 0 Å². The average Bonchev–Trinajstić information content (AvgIpc) is 3.14. The fourth-order valence-corrected chi connectivity index (χ4v) is 3.15. The molecule has 2 rings (SSSR count). The van der Waals surface area contributed by atoms with Gasteiger partial charge >= 0.3 is 0 Å². The van der Waals surface area contributed by atoms with Gasteiger partial charge in [0.25, 0.3) is 0 Å². The molecule has 1 aliphatic rings. The van der Waals surface area contributed by atoms with Gasteiger partial charge in [-0.1, -0.05) is 20.3 Å². The number of nitrogens with zero attached hydrogens (tertiary/aromatic N) is 2. The molecule has 1 fully saturated rings. The number of nitrogens with one attached hydrogen (secondary N) is 1. The van der Waals surface area contributed by atoms with Gasteiger partial charge in [0.2, 0.25) is 0 Å². The monoisotopic (exact) mass is 267 g/mol. The van der Waals surface area contributed by atoms with Crippen LogP contribution in [0.25, 0.3) is 0 Å². The Balaban J connectivity index is 2.06. The van der Waals surface area contributed by atoms with E-state index < -0.39 is 0 Å². The third-order valence-electron chi connectivity index (χ3n) is 3.39. The summed E-state index contributed by atoms with van der Waals surface area (Å²) in [5.74, 6) is 0.753. The summed E-state index contributed by atoms with van der Waals surface area (Å²) in [5.41, 5.74) is 1.37. The molecule has 1 aliphatic carbocycles. The highest BCUT2D eigenvalue weighted by Gasteiger charge is 2.29. The van der Waals surface area contributed by atoms with Crippen molar-refractivity contribution in [1.29, 1.82) is 0 Å². The Morgan fingerprint density at radius 2 is 2.17 bits per heavy atom. The minimum Gasteiger partial charge on any atom is -0.351 e. The third-order valence-corrected chi connectivity index (χ3v) is 4.57. The lowest BCUT2D eigenvalue weighted by molar-refractivity contribution is 0.726. The van der Waals surface area contributed by atoms with Crippen LogP contribution >= 0.6 is 11.3 Å². The lowest BCUT2D eigenvalue weighted by Crippen LogP contribution is -2.17. The fourth-order valence-electron chi connectivity index (χ4n) is 2.05. The Hall–Kier alpha value is -0.610.